The average molecular weight is 847 g/mol. The van der Waals surface area contributed by atoms with E-state index < -0.39 is 52.1 Å². The highest BCUT2D eigenvalue weighted by Crippen LogP contribution is 2.42. The third-order valence-corrected chi connectivity index (χ3v) is 10.9. The van der Waals surface area contributed by atoms with E-state index in [1.165, 1.54) is 0 Å². The second-order valence-corrected chi connectivity index (χ2v) is 16.4. The summed E-state index contributed by atoms with van der Waals surface area (Å²) in [5, 5.41) is 11.7. The van der Waals surface area contributed by atoms with E-state index in [9.17, 15) is 24.3 Å². The van der Waals surface area contributed by atoms with Crippen molar-refractivity contribution in [3.63, 3.8) is 0 Å². The molecule has 0 saturated carbocycles. The minimum atomic E-state index is -0.971. The monoisotopic (exact) mass is 847 g/mol. The first-order valence-corrected chi connectivity index (χ1v) is 24.5. The van der Waals surface area contributed by atoms with Gasteiger partial charge in [-0.1, -0.05) is 195 Å². The van der Waals surface area contributed by atoms with Crippen molar-refractivity contribution in [3.05, 3.63) is 33.8 Å². The van der Waals surface area contributed by atoms with Crippen LogP contribution >= 0.6 is 0 Å². The predicted octanol–water partition coefficient (Wildman–Crippen LogP) is 13.4. The van der Waals surface area contributed by atoms with E-state index in [1.54, 1.807) is 0 Å². The van der Waals surface area contributed by atoms with Gasteiger partial charge in [-0.15, -0.1) is 0 Å². The molecule has 0 radical (unpaired) electrons. The van der Waals surface area contributed by atoms with Crippen LogP contribution in [0.4, 0.5) is 0 Å². The first-order valence-electron chi connectivity index (χ1n) is 24.5. The Bertz CT molecular complexity index is 1200. The first kappa shape index (κ1) is 54.7. The lowest BCUT2D eigenvalue weighted by Crippen LogP contribution is -2.21. The second-order valence-electron chi connectivity index (χ2n) is 16.4. The van der Waals surface area contributed by atoms with Gasteiger partial charge >= 0.3 is 23.9 Å². The van der Waals surface area contributed by atoms with E-state index in [0.717, 1.165) is 161 Å². The van der Waals surface area contributed by atoms with Crippen LogP contribution in [0.1, 0.15) is 227 Å². The van der Waals surface area contributed by atoms with Crippen molar-refractivity contribution in [2.45, 2.75) is 227 Å². The Morgan fingerprint density at radius 1 is 0.300 bits per heavy atom. The van der Waals surface area contributed by atoms with E-state index in [1.807, 2.05) is 0 Å². The zero-order valence-corrected chi connectivity index (χ0v) is 38.9. The molecule has 1 rings (SSSR count). The summed E-state index contributed by atoms with van der Waals surface area (Å²) >= 11 is 0. The molecule has 0 aromatic carbocycles. The quantitative estimate of drug-likeness (QED) is 0.0275. The molecule has 0 amide bonds. The molecular formula is C50H86O10. The summed E-state index contributed by atoms with van der Waals surface area (Å²) in [5.74, 6) is -4.61. The molecular weight excluding hydrogens is 761 g/mol. The van der Waals surface area contributed by atoms with Crippen molar-refractivity contribution in [1.82, 2.24) is 0 Å². The van der Waals surface area contributed by atoms with Crippen LogP contribution in [0.5, 0.6) is 0 Å². The van der Waals surface area contributed by atoms with Crippen molar-refractivity contribution in [2.75, 3.05) is 33.0 Å². The first-order chi connectivity index (χ1) is 29.3. The smallest absolute Gasteiger partial charge is 0.339 e. The molecule has 0 fully saturated rings. The van der Waals surface area contributed by atoms with E-state index in [0.29, 0.717) is 32.1 Å². The lowest BCUT2D eigenvalue weighted by Gasteiger charge is -2.14. The fourth-order valence-electron chi connectivity index (χ4n) is 7.26. The Morgan fingerprint density at radius 2 is 0.500 bits per heavy atom. The minimum Gasteiger partial charge on any atom is -0.481 e. The Morgan fingerprint density at radius 3 is 0.750 bits per heavy atom. The second kappa shape index (κ2) is 37.5. The van der Waals surface area contributed by atoms with Gasteiger partial charge in [0.05, 0.1) is 60.9 Å². The van der Waals surface area contributed by atoms with Gasteiger partial charge in [0, 0.05) is 0 Å². The van der Waals surface area contributed by atoms with Gasteiger partial charge in [-0.25, -0.2) is 19.2 Å². The summed E-state index contributed by atoms with van der Waals surface area (Å²) in [6.45, 7) is 11.0. The summed E-state index contributed by atoms with van der Waals surface area (Å²) in [6.07, 6.45) is 28.8. The summed E-state index contributed by atoms with van der Waals surface area (Å²) in [6, 6.07) is 0. The molecule has 10 heteroatoms. The molecule has 0 aromatic rings. The van der Waals surface area contributed by atoms with Crippen molar-refractivity contribution in [3.8, 4) is 0 Å². The highest BCUT2D eigenvalue weighted by atomic mass is 16.6. The maximum atomic E-state index is 14.3. The van der Waals surface area contributed by atoms with Gasteiger partial charge in [-0.2, -0.15) is 0 Å². The summed E-state index contributed by atoms with van der Waals surface area (Å²) in [5.41, 5.74) is -2.18. The highest BCUT2D eigenvalue weighted by molar-refractivity contribution is 6.23. The van der Waals surface area contributed by atoms with Crippen LogP contribution in [-0.2, 0) is 42.9 Å². The Labute approximate surface area is 365 Å². The number of aliphatic hydroxyl groups is 1. The molecule has 1 N–H and O–H groups in total. The van der Waals surface area contributed by atoms with Crippen molar-refractivity contribution >= 4 is 23.9 Å². The number of carbonyl (C=O) groups excluding carboxylic acids is 4. The third-order valence-electron chi connectivity index (χ3n) is 10.9. The predicted molar refractivity (Wildman–Crippen MR) is 240 cm³/mol. The van der Waals surface area contributed by atoms with Crippen LogP contribution in [0.25, 0.3) is 0 Å². The molecule has 0 bridgehead atoms. The molecule has 0 aromatic heterocycles. The summed E-state index contributed by atoms with van der Waals surface area (Å²) < 4.78 is 28.9. The number of hydrogen-bond acceptors (Lipinski definition) is 10. The fourth-order valence-corrected chi connectivity index (χ4v) is 7.26. The third kappa shape index (κ3) is 23.6. The molecule has 0 atom stereocenters. The van der Waals surface area contributed by atoms with Crippen LogP contribution in [0.15, 0.2) is 33.8 Å². The SMILES string of the molecule is CCCCCCCCOC(=O)C1=C(C(=O)OCCCCCCCC)C(C(=O)OCCCCCCCC)=C(C(=O)OCCCCCCCC)C1=C(O)OCCCCCCCC. The van der Waals surface area contributed by atoms with Gasteiger partial charge in [0.15, 0.2) is 0 Å². The standard InChI is InChI=1S/C50H86O10/c1-6-11-16-21-26-31-36-56-46(51)41-42(47(52)57-37-32-27-22-17-12-7-2)44(49(54)59-39-34-29-24-19-14-9-4)45(50(55)60-40-35-30-25-20-15-10-5)43(41)48(53)58-38-33-28-23-18-13-8-3/h51H,6-40H2,1-5H3. The van der Waals surface area contributed by atoms with Crippen molar-refractivity contribution < 1.29 is 48.0 Å². The maximum Gasteiger partial charge on any atom is 0.339 e. The maximum absolute atomic E-state index is 14.3. The molecule has 0 unspecified atom stereocenters. The van der Waals surface area contributed by atoms with Gasteiger partial charge in [0.25, 0.3) is 5.95 Å². The normalized spacial score (nSPS) is 12.6. The Kier molecular flexibility index (Phi) is 34.2. The number of unbranched alkanes of at least 4 members (excludes halogenated alkanes) is 25. The van der Waals surface area contributed by atoms with Gasteiger partial charge in [-0.05, 0) is 32.1 Å². The molecule has 60 heavy (non-hydrogen) atoms. The lowest BCUT2D eigenvalue weighted by molar-refractivity contribution is -0.144. The van der Waals surface area contributed by atoms with E-state index in [2.05, 4.69) is 34.6 Å². The van der Waals surface area contributed by atoms with Gasteiger partial charge in [-0.3, -0.25) is 0 Å². The minimum absolute atomic E-state index is 0.0476. The van der Waals surface area contributed by atoms with Crippen molar-refractivity contribution in [2.24, 2.45) is 0 Å². The summed E-state index contributed by atoms with van der Waals surface area (Å²) in [4.78, 5) is 57.0. The molecule has 0 aliphatic heterocycles. The number of carbonyl (C=O) groups is 4. The molecule has 10 nitrogen and oxygen atoms in total. The van der Waals surface area contributed by atoms with Gasteiger partial charge in [0.2, 0.25) is 0 Å². The number of ether oxygens (including phenoxy) is 5. The van der Waals surface area contributed by atoms with Crippen molar-refractivity contribution in [1.29, 1.82) is 0 Å². The van der Waals surface area contributed by atoms with E-state index in [-0.39, 0.29) is 38.6 Å². The molecule has 346 valence electrons. The number of aliphatic hydroxyl groups excluding tert-OH is 1. The molecule has 0 spiro atoms. The largest absolute Gasteiger partial charge is 0.481 e. The Hall–Kier alpha value is -3.30. The lowest BCUT2D eigenvalue weighted by atomic mass is 10.0. The van der Waals surface area contributed by atoms with E-state index in [4.69, 9.17) is 23.7 Å². The van der Waals surface area contributed by atoms with Crippen LogP contribution in [-0.4, -0.2) is 62.0 Å². The van der Waals surface area contributed by atoms with Crippen LogP contribution in [0.3, 0.4) is 0 Å². The van der Waals surface area contributed by atoms with E-state index >= 15 is 0 Å². The average Bonchev–Trinajstić information content (AvgIpc) is 3.61. The molecule has 1 aliphatic rings. The number of hydrogen-bond donors (Lipinski definition) is 1. The molecule has 0 saturated heterocycles. The zero-order valence-electron chi connectivity index (χ0n) is 38.9. The summed E-state index contributed by atoms with van der Waals surface area (Å²) in [7, 11) is 0. The number of esters is 4. The Balaban J connectivity index is 3.71. The van der Waals surface area contributed by atoms with Crippen LogP contribution in [0, 0.1) is 0 Å². The number of rotatable bonds is 40. The molecule has 0 heterocycles. The van der Waals surface area contributed by atoms with Crippen LogP contribution < -0.4 is 0 Å². The molecule has 1 aliphatic carbocycles. The van der Waals surface area contributed by atoms with Gasteiger partial charge < -0.3 is 28.8 Å². The fraction of sp³-hybridized carbons (Fsp3) is 0.800. The van der Waals surface area contributed by atoms with Gasteiger partial charge in [0.1, 0.15) is 0 Å². The zero-order chi connectivity index (χ0) is 44.1. The van der Waals surface area contributed by atoms with Crippen LogP contribution in [0.2, 0.25) is 0 Å². The highest BCUT2D eigenvalue weighted by Gasteiger charge is 2.47. The topological polar surface area (TPSA) is 135 Å².